The Hall–Kier alpha value is -0.260. The number of allylic oxidation sites excluding steroid dienone is 2. The first-order valence-corrected chi connectivity index (χ1v) is 8.19. The number of rotatable bonds is 3. The second kappa shape index (κ2) is 5.80. The van der Waals surface area contributed by atoms with Gasteiger partial charge in [-0.1, -0.05) is 44.8 Å². The summed E-state index contributed by atoms with van der Waals surface area (Å²) in [5, 5.41) is 0. The number of hydrogen-bond acceptors (Lipinski definition) is 0. The molecule has 0 radical (unpaired) electrons. The van der Waals surface area contributed by atoms with Crippen molar-refractivity contribution in [1.29, 1.82) is 0 Å². The number of hydrogen-bond donors (Lipinski definition) is 0. The van der Waals surface area contributed by atoms with Crippen LogP contribution in [-0.2, 0) is 0 Å². The van der Waals surface area contributed by atoms with E-state index in [2.05, 4.69) is 33.8 Å². The van der Waals surface area contributed by atoms with E-state index in [-0.39, 0.29) is 0 Å². The van der Waals surface area contributed by atoms with Crippen LogP contribution in [0.3, 0.4) is 0 Å². The van der Waals surface area contributed by atoms with E-state index in [0.29, 0.717) is 5.41 Å². The van der Waals surface area contributed by atoms with Gasteiger partial charge in [0.2, 0.25) is 0 Å². The van der Waals surface area contributed by atoms with Gasteiger partial charge in [0.1, 0.15) is 0 Å². The van der Waals surface area contributed by atoms with Crippen LogP contribution in [0.25, 0.3) is 0 Å². The van der Waals surface area contributed by atoms with E-state index in [1.807, 2.05) is 0 Å². The van der Waals surface area contributed by atoms with Crippen molar-refractivity contribution in [2.24, 2.45) is 23.2 Å². The average Bonchev–Trinajstić information content (AvgIpc) is 2.36. The first-order chi connectivity index (χ1) is 8.58. The molecule has 0 amide bonds. The van der Waals surface area contributed by atoms with Gasteiger partial charge < -0.3 is 0 Å². The molecule has 0 spiro atoms. The molecule has 4 atom stereocenters. The summed E-state index contributed by atoms with van der Waals surface area (Å²) in [5.74, 6) is 3.00. The van der Waals surface area contributed by atoms with Gasteiger partial charge in [0, 0.05) is 0 Å². The summed E-state index contributed by atoms with van der Waals surface area (Å²) >= 11 is 0. The Morgan fingerprint density at radius 3 is 2.72 bits per heavy atom. The predicted octanol–water partition coefficient (Wildman–Crippen LogP) is 5.98. The van der Waals surface area contributed by atoms with E-state index >= 15 is 0 Å². The van der Waals surface area contributed by atoms with E-state index in [1.165, 1.54) is 51.4 Å². The first kappa shape index (κ1) is 14.2. The van der Waals surface area contributed by atoms with Gasteiger partial charge in [-0.2, -0.15) is 0 Å². The molecular formula is C18H32. The molecular weight excluding hydrogens is 216 g/mol. The summed E-state index contributed by atoms with van der Waals surface area (Å²) in [4.78, 5) is 0. The molecule has 0 heteroatoms. The maximum Gasteiger partial charge on any atom is -0.0267 e. The van der Waals surface area contributed by atoms with Crippen LogP contribution in [0, 0.1) is 23.2 Å². The summed E-state index contributed by atoms with van der Waals surface area (Å²) in [6, 6.07) is 0. The highest BCUT2D eigenvalue weighted by Gasteiger charge is 2.46. The molecule has 0 aliphatic heterocycles. The molecule has 2 fully saturated rings. The minimum absolute atomic E-state index is 0.671. The molecule has 18 heavy (non-hydrogen) atoms. The fourth-order valence-corrected chi connectivity index (χ4v) is 4.90. The molecule has 4 unspecified atom stereocenters. The first-order valence-electron chi connectivity index (χ1n) is 8.19. The van der Waals surface area contributed by atoms with Crippen molar-refractivity contribution < 1.29 is 0 Å². The van der Waals surface area contributed by atoms with E-state index in [0.717, 1.165) is 17.8 Å². The van der Waals surface area contributed by atoms with Crippen LogP contribution in [0.15, 0.2) is 11.6 Å². The summed E-state index contributed by atoms with van der Waals surface area (Å²) in [6.45, 7) is 9.62. The third-order valence-corrected chi connectivity index (χ3v) is 6.29. The average molecular weight is 248 g/mol. The van der Waals surface area contributed by atoms with Gasteiger partial charge in [-0.15, -0.1) is 0 Å². The van der Waals surface area contributed by atoms with Crippen molar-refractivity contribution in [3.63, 3.8) is 0 Å². The highest BCUT2D eigenvalue weighted by atomic mass is 14.5. The molecule has 0 nitrogen and oxygen atoms in total. The Bertz CT molecular complexity index is 301. The topological polar surface area (TPSA) is 0 Å². The van der Waals surface area contributed by atoms with Crippen LogP contribution in [0.4, 0.5) is 0 Å². The van der Waals surface area contributed by atoms with Gasteiger partial charge >= 0.3 is 0 Å². The van der Waals surface area contributed by atoms with Crippen LogP contribution in [-0.4, -0.2) is 0 Å². The molecule has 2 aliphatic carbocycles. The monoisotopic (exact) mass is 248 g/mol. The van der Waals surface area contributed by atoms with Gasteiger partial charge in [0.25, 0.3) is 0 Å². The van der Waals surface area contributed by atoms with Crippen molar-refractivity contribution in [1.82, 2.24) is 0 Å². The highest BCUT2D eigenvalue weighted by Crippen LogP contribution is 2.56. The maximum absolute atomic E-state index is 2.63. The van der Waals surface area contributed by atoms with Crippen molar-refractivity contribution in [3.05, 3.63) is 11.6 Å². The summed E-state index contributed by atoms with van der Waals surface area (Å²) in [5.41, 5.74) is 2.26. The molecule has 0 heterocycles. The summed E-state index contributed by atoms with van der Waals surface area (Å²) < 4.78 is 0. The number of fused-ring (bicyclic) bond motifs is 1. The van der Waals surface area contributed by atoms with Crippen LogP contribution < -0.4 is 0 Å². The molecule has 0 bridgehead atoms. The standard InChI is InChI=1S/C18H32/c1-5-14(2)11-12-16-9-6-10-17-15(3)8-7-13-18(16,17)4/h5,15-17H,6-13H2,1-4H3/b14-5+. The normalized spacial score (nSPS) is 41.6. The lowest BCUT2D eigenvalue weighted by atomic mass is 9.52. The zero-order valence-corrected chi connectivity index (χ0v) is 13.0. The molecule has 0 saturated heterocycles. The second-order valence-electron chi connectivity index (χ2n) is 7.28. The van der Waals surface area contributed by atoms with Crippen LogP contribution in [0.2, 0.25) is 0 Å². The Kier molecular flexibility index (Phi) is 4.56. The molecule has 0 N–H and O–H groups in total. The van der Waals surface area contributed by atoms with Gasteiger partial charge in [0.15, 0.2) is 0 Å². The highest BCUT2D eigenvalue weighted by molar-refractivity contribution is 5.00. The minimum atomic E-state index is 0.671. The quantitative estimate of drug-likeness (QED) is 0.539. The summed E-state index contributed by atoms with van der Waals surface area (Å²) in [7, 11) is 0. The zero-order chi connectivity index (χ0) is 13.2. The van der Waals surface area contributed by atoms with Crippen molar-refractivity contribution in [2.75, 3.05) is 0 Å². The third kappa shape index (κ3) is 2.68. The van der Waals surface area contributed by atoms with Gasteiger partial charge in [-0.25, -0.2) is 0 Å². The van der Waals surface area contributed by atoms with E-state index in [1.54, 1.807) is 5.57 Å². The molecule has 2 aliphatic rings. The van der Waals surface area contributed by atoms with E-state index in [4.69, 9.17) is 0 Å². The maximum atomic E-state index is 2.63. The fraction of sp³-hybridized carbons (Fsp3) is 0.889. The lowest BCUT2D eigenvalue weighted by Crippen LogP contribution is -2.44. The Morgan fingerprint density at radius 1 is 1.22 bits per heavy atom. The van der Waals surface area contributed by atoms with E-state index in [9.17, 15) is 0 Å². The zero-order valence-electron chi connectivity index (χ0n) is 13.0. The predicted molar refractivity (Wildman–Crippen MR) is 80.6 cm³/mol. The Labute approximate surface area is 114 Å². The Morgan fingerprint density at radius 2 is 2.00 bits per heavy atom. The molecule has 0 aromatic rings. The van der Waals surface area contributed by atoms with Crippen molar-refractivity contribution in [2.45, 2.75) is 79.1 Å². The van der Waals surface area contributed by atoms with E-state index < -0.39 is 0 Å². The van der Waals surface area contributed by atoms with Gasteiger partial charge in [0.05, 0.1) is 0 Å². The van der Waals surface area contributed by atoms with Gasteiger partial charge in [-0.05, 0) is 69.1 Å². The smallest absolute Gasteiger partial charge is 0.0267 e. The fourth-order valence-electron chi connectivity index (χ4n) is 4.90. The lowest BCUT2D eigenvalue weighted by Gasteiger charge is -2.53. The lowest BCUT2D eigenvalue weighted by molar-refractivity contribution is -0.0327. The van der Waals surface area contributed by atoms with Crippen LogP contribution in [0.1, 0.15) is 79.1 Å². The Balaban J connectivity index is 2.05. The van der Waals surface area contributed by atoms with Crippen LogP contribution >= 0.6 is 0 Å². The molecule has 0 aromatic carbocycles. The molecule has 2 rings (SSSR count). The SMILES string of the molecule is C/C=C(\C)CCC1CCCC2C(C)CCCC12C. The molecule has 2 saturated carbocycles. The van der Waals surface area contributed by atoms with Crippen molar-refractivity contribution in [3.8, 4) is 0 Å². The second-order valence-corrected chi connectivity index (χ2v) is 7.28. The third-order valence-electron chi connectivity index (χ3n) is 6.29. The van der Waals surface area contributed by atoms with Gasteiger partial charge in [-0.3, -0.25) is 0 Å². The summed E-state index contributed by atoms with van der Waals surface area (Å²) in [6.07, 6.45) is 14.0. The van der Waals surface area contributed by atoms with Crippen molar-refractivity contribution >= 4 is 0 Å². The largest absolute Gasteiger partial charge is 0.0887 e. The minimum Gasteiger partial charge on any atom is -0.0887 e. The molecule has 0 aromatic heterocycles. The van der Waals surface area contributed by atoms with Crippen LogP contribution in [0.5, 0.6) is 0 Å². The molecule has 104 valence electrons.